The molecule has 5 heterocycles. The van der Waals surface area contributed by atoms with Gasteiger partial charge in [-0.15, -0.1) is 11.3 Å². The van der Waals surface area contributed by atoms with E-state index >= 15 is 0 Å². The fourth-order valence-corrected chi connectivity index (χ4v) is 8.82. The number of hydrogen-bond acceptors (Lipinski definition) is 8. The number of carbonyl (C=O) groups excluding carboxylic acids is 1. The van der Waals surface area contributed by atoms with Crippen molar-refractivity contribution >= 4 is 33.3 Å². The van der Waals surface area contributed by atoms with E-state index in [1.54, 1.807) is 16.2 Å². The van der Waals surface area contributed by atoms with Crippen LogP contribution in [0.5, 0.6) is 6.01 Å². The van der Waals surface area contributed by atoms with E-state index in [1.165, 1.54) is 19.3 Å². The number of benzene rings is 1. The first-order chi connectivity index (χ1) is 19.5. The molecule has 3 saturated heterocycles. The molecule has 5 atom stereocenters. The molecule has 2 aromatic heterocycles. The first kappa shape index (κ1) is 26.2. The van der Waals surface area contributed by atoms with E-state index in [9.17, 15) is 4.79 Å². The van der Waals surface area contributed by atoms with Crippen LogP contribution >= 0.6 is 11.3 Å². The van der Waals surface area contributed by atoms with E-state index in [1.807, 2.05) is 27.3 Å². The lowest BCUT2D eigenvalue weighted by molar-refractivity contribution is -0.127. The highest BCUT2D eigenvalue weighted by atomic mass is 32.1. The van der Waals surface area contributed by atoms with Crippen LogP contribution in [-0.2, 0) is 16.0 Å². The molecule has 1 aromatic carbocycles. The van der Waals surface area contributed by atoms with E-state index in [0.717, 1.165) is 64.5 Å². The van der Waals surface area contributed by atoms with E-state index in [4.69, 9.17) is 19.4 Å². The number of piperidine rings is 2. The Kier molecular flexibility index (Phi) is 6.92. The molecule has 7 rings (SSSR count). The number of methoxy groups -OCH3 is 1. The van der Waals surface area contributed by atoms with Gasteiger partial charge in [0.15, 0.2) is 0 Å². The zero-order chi connectivity index (χ0) is 27.4. The van der Waals surface area contributed by atoms with Gasteiger partial charge in [-0.3, -0.25) is 4.79 Å². The number of fused-ring (bicyclic) bond motifs is 5. The highest BCUT2D eigenvalue weighted by Gasteiger charge is 2.44. The van der Waals surface area contributed by atoms with Crippen LogP contribution in [0.25, 0.3) is 21.3 Å². The second-order valence-electron chi connectivity index (χ2n) is 12.3. The van der Waals surface area contributed by atoms with Gasteiger partial charge in [0.05, 0.1) is 11.8 Å². The summed E-state index contributed by atoms with van der Waals surface area (Å²) in [5, 5.41) is 4.65. The summed E-state index contributed by atoms with van der Waals surface area (Å²) in [6.45, 7) is 1.83. The summed E-state index contributed by atoms with van der Waals surface area (Å²) in [6.07, 6.45) is 7.24. The lowest BCUT2D eigenvalue weighted by Gasteiger charge is -2.40. The van der Waals surface area contributed by atoms with Gasteiger partial charge in [-0.05, 0) is 43.6 Å². The number of nitrogens with zero attached hydrogens (tertiary/aromatic N) is 4. The molecule has 0 spiro atoms. The molecular formula is C31H39N5O3S. The molecule has 4 bridgehead atoms. The summed E-state index contributed by atoms with van der Waals surface area (Å²) < 4.78 is 12.2. The molecule has 4 aliphatic rings. The first-order valence-corrected chi connectivity index (χ1v) is 15.6. The van der Waals surface area contributed by atoms with Crippen LogP contribution in [0.4, 0.5) is 5.82 Å². The number of thiophene rings is 1. The van der Waals surface area contributed by atoms with E-state index in [0.29, 0.717) is 42.4 Å². The maximum Gasteiger partial charge on any atom is 0.320 e. The van der Waals surface area contributed by atoms with Crippen molar-refractivity contribution in [1.82, 2.24) is 20.2 Å². The standard InChI is InChI=1S/C31H39N5O3S/c1-35(2)26(37)15-25-27(19-7-5-4-6-8-19)28-29(36-22-9-10-23(36)12-18(11-22)17-38-3)33-31(34-30(28)40-25)39-24-14-21-13-20(24)16-32-21/h4-8,18,20-24,32H,9-17H2,1-3H3. The van der Waals surface area contributed by atoms with Crippen LogP contribution < -0.4 is 15.0 Å². The Morgan fingerprint density at radius 3 is 2.52 bits per heavy atom. The zero-order valence-corrected chi connectivity index (χ0v) is 24.5. The second kappa shape index (κ2) is 10.6. The molecule has 8 nitrogen and oxygen atoms in total. The second-order valence-corrected chi connectivity index (χ2v) is 13.4. The number of ether oxygens (including phenoxy) is 2. The van der Waals surface area contributed by atoms with E-state index < -0.39 is 0 Å². The van der Waals surface area contributed by atoms with E-state index in [2.05, 4.69) is 34.5 Å². The quantitative estimate of drug-likeness (QED) is 0.434. The van der Waals surface area contributed by atoms with Gasteiger partial charge in [0.1, 0.15) is 16.8 Å². The molecule has 1 amide bonds. The topological polar surface area (TPSA) is 79.8 Å². The van der Waals surface area contributed by atoms with Gasteiger partial charge >= 0.3 is 6.01 Å². The maximum absolute atomic E-state index is 13.0. The molecule has 1 N–H and O–H groups in total. The third-order valence-corrected chi connectivity index (χ3v) is 10.6. The molecule has 1 saturated carbocycles. The molecule has 3 aromatic rings. The van der Waals surface area contributed by atoms with Crippen LogP contribution in [-0.4, -0.2) is 79.4 Å². The molecule has 9 heteroatoms. The van der Waals surface area contributed by atoms with Crippen molar-refractivity contribution in [3.8, 4) is 17.1 Å². The fraction of sp³-hybridized carbons (Fsp3) is 0.581. The molecule has 212 valence electrons. The third-order valence-electron chi connectivity index (χ3n) is 9.49. The lowest BCUT2D eigenvalue weighted by Crippen LogP contribution is -2.44. The normalized spacial score (nSPS) is 28.9. The monoisotopic (exact) mass is 561 g/mol. The van der Waals surface area contributed by atoms with Crippen molar-refractivity contribution < 1.29 is 14.3 Å². The smallest absolute Gasteiger partial charge is 0.320 e. The molecular weight excluding hydrogens is 522 g/mol. The predicted molar refractivity (Wildman–Crippen MR) is 158 cm³/mol. The minimum Gasteiger partial charge on any atom is -0.460 e. The van der Waals surface area contributed by atoms with Crippen LogP contribution in [0.1, 0.15) is 43.4 Å². The van der Waals surface area contributed by atoms with Crippen molar-refractivity contribution in [2.45, 2.75) is 69.2 Å². The lowest BCUT2D eigenvalue weighted by atomic mass is 9.91. The van der Waals surface area contributed by atoms with Crippen LogP contribution in [0.2, 0.25) is 0 Å². The van der Waals surface area contributed by atoms with Gasteiger partial charge in [-0.2, -0.15) is 9.97 Å². The predicted octanol–water partition coefficient (Wildman–Crippen LogP) is 4.51. The number of anilines is 1. The number of likely N-dealkylation sites (N-methyl/N-ethyl adjacent to an activating group) is 1. The summed E-state index contributed by atoms with van der Waals surface area (Å²) in [4.78, 5) is 29.5. The van der Waals surface area contributed by atoms with Gasteiger partial charge in [0.2, 0.25) is 5.91 Å². The fourth-order valence-electron chi connectivity index (χ4n) is 7.65. The Balaban J connectivity index is 1.37. The molecule has 40 heavy (non-hydrogen) atoms. The Bertz CT molecular complexity index is 1380. The molecule has 5 unspecified atom stereocenters. The summed E-state index contributed by atoms with van der Waals surface area (Å²) >= 11 is 1.62. The zero-order valence-electron chi connectivity index (χ0n) is 23.6. The van der Waals surface area contributed by atoms with E-state index in [-0.39, 0.29) is 12.0 Å². The first-order valence-electron chi connectivity index (χ1n) is 14.7. The largest absolute Gasteiger partial charge is 0.460 e. The van der Waals surface area contributed by atoms with Crippen molar-refractivity contribution in [3.63, 3.8) is 0 Å². The Labute approximate surface area is 240 Å². The van der Waals surface area contributed by atoms with Crippen molar-refractivity contribution in [1.29, 1.82) is 0 Å². The summed E-state index contributed by atoms with van der Waals surface area (Å²) in [5.41, 5.74) is 2.20. The maximum atomic E-state index is 13.0. The molecule has 1 aliphatic carbocycles. The number of hydrogen-bond donors (Lipinski definition) is 1. The van der Waals surface area contributed by atoms with Gasteiger partial charge < -0.3 is 24.6 Å². The SMILES string of the molecule is COCC1CC2CCC(C1)N2c1nc(OC2CC3CC2CN3)nc2sc(CC(=O)N(C)C)c(-c3ccccc3)c12. The van der Waals surface area contributed by atoms with Crippen LogP contribution in [0.15, 0.2) is 30.3 Å². The number of rotatable bonds is 8. The third kappa shape index (κ3) is 4.65. The number of amides is 1. The van der Waals surface area contributed by atoms with Crippen molar-refractivity contribution in [2.24, 2.45) is 11.8 Å². The van der Waals surface area contributed by atoms with Crippen LogP contribution in [0.3, 0.4) is 0 Å². The van der Waals surface area contributed by atoms with Crippen molar-refractivity contribution in [3.05, 3.63) is 35.2 Å². The van der Waals surface area contributed by atoms with Gasteiger partial charge in [0, 0.05) is 75.3 Å². The molecule has 4 fully saturated rings. The number of carbonyl (C=O) groups is 1. The highest BCUT2D eigenvalue weighted by Crippen LogP contribution is 2.49. The van der Waals surface area contributed by atoms with Gasteiger partial charge in [-0.25, -0.2) is 0 Å². The number of nitrogens with one attached hydrogen (secondary N) is 1. The molecule has 0 radical (unpaired) electrons. The average molecular weight is 562 g/mol. The Morgan fingerprint density at radius 1 is 1.10 bits per heavy atom. The average Bonchev–Trinajstić information content (AvgIpc) is 3.71. The van der Waals surface area contributed by atoms with Crippen molar-refractivity contribution in [2.75, 3.05) is 39.3 Å². The summed E-state index contributed by atoms with van der Waals surface area (Å²) in [7, 11) is 5.45. The minimum atomic E-state index is 0.0876. The Hall–Kier alpha value is -2.75. The summed E-state index contributed by atoms with van der Waals surface area (Å²) in [6, 6.07) is 12.3. The molecule has 3 aliphatic heterocycles. The number of aromatic nitrogens is 2. The van der Waals surface area contributed by atoms with Gasteiger partial charge in [-0.1, -0.05) is 30.3 Å². The van der Waals surface area contributed by atoms with Crippen LogP contribution in [0, 0.1) is 11.8 Å². The highest BCUT2D eigenvalue weighted by molar-refractivity contribution is 7.19. The van der Waals surface area contributed by atoms with Gasteiger partial charge in [0.25, 0.3) is 0 Å². The summed E-state index contributed by atoms with van der Waals surface area (Å²) in [5.74, 6) is 2.18. The Morgan fingerprint density at radius 2 is 1.88 bits per heavy atom. The minimum absolute atomic E-state index is 0.0876.